The summed E-state index contributed by atoms with van der Waals surface area (Å²) in [7, 11) is 0. The van der Waals surface area contributed by atoms with Crippen molar-refractivity contribution < 1.29 is 9.53 Å². The van der Waals surface area contributed by atoms with E-state index in [4.69, 9.17) is 4.74 Å². The molecule has 1 fully saturated rings. The zero-order valence-corrected chi connectivity index (χ0v) is 13.3. The predicted molar refractivity (Wildman–Crippen MR) is 91.5 cm³/mol. The second kappa shape index (κ2) is 7.32. The van der Waals surface area contributed by atoms with Gasteiger partial charge in [-0.15, -0.1) is 0 Å². The Labute approximate surface area is 137 Å². The molecule has 0 bridgehead atoms. The van der Waals surface area contributed by atoms with Gasteiger partial charge in [-0.05, 0) is 30.5 Å². The standard InChI is InChI=1S/C20H23NO2/c22-19(12-15-23-18-10-5-2-6-11-18)21-16-20(13-7-14-20)17-8-3-1-4-9-17/h1-6,8-11H,7,12-16H2,(H,21,22). The molecule has 3 rings (SSSR count). The molecule has 0 aliphatic heterocycles. The van der Waals surface area contributed by atoms with Gasteiger partial charge in [0, 0.05) is 12.0 Å². The molecule has 23 heavy (non-hydrogen) atoms. The highest BCUT2D eigenvalue weighted by Gasteiger charge is 2.38. The van der Waals surface area contributed by atoms with Gasteiger partial charge < -0.3 is 10.1 Å². The lowest BCUT2D eigenvalue weighted by Gasteiger charge is -2.42. The predicted octanol–water partition coefficient (Wildman–Crippen LogP) is 3.69. The van der Waals surface area contributed by atoms with E-state index in [1.54, 1.807) is 0 Å². The minimum absolute atomic E-state index is 0.0585. The quantitative estimate of drug-likeness (QED) is 0.847. The Bertz CT molecular complexity index is 621. The van der Waals surface area contributed by atoms with E-state index < -0.39 is 0 Å². The van der Waals surface area contributed by atoms with Crippen molar-refractivity contribution in [3.8, 4) is 5.75 Å². The number of nitrogens with one attached hydrogen (secondary N) is 1. The van der Waals surface area contributed by atoms with Crippen molar-refractivity contribution in [1.82, 2.24) is 5.32 Å². The molecule has 2 aromatic rings. The van der Waals surface area contributed by atoms with E-state index >= 15 is 0 Å². The normalized spacial score (nSPS) is 15.5. The van der Waals surface area contributed by atoms with E-state index in [0.29, 0.717) is 13.0 Å². The van der Waals surface area contributed by atoms with E-state index in [1.165, 1.54) is 12.0 Å². The van der Waals surface area contributed by atoms with Gasteiger partial charge in [-0.2, -0.15) is 0 Å². The van der Waals surface area contributed by atoms with Crippen LogP contribution in [0.2, 0.25) is 0 Å². The lowest BCUT2D eigenvalue weighted by molar-refractivity contribution is -0.122. The summed E-state index contributed by atoms with van der Waals surface area (Å²) in [4.78, 5) is 12.1. The number of hydrogen-bond donors (Lipinski definition) is 1. The van der Waals surface area contributed by atoms with Crippen molar-refractivity contribution in [3.63, 3.8) is 0 Å². The molecule has 0 spiro atoms. The fourth-order valence-electron chi connectivity index (χ4n) is 3.10. The van der Waals surface area contributed by atoms with Gasteiger partial charge in [0.15, 0.2) is 0 Å². The molecule has 1 N–H and O–H groups in total. The molecule has 3 nitrogen and oxygen atoms in total. The lowest BCUT2D eigenvalue weighted by Crippen LogP contribution is -2.45. The maximum atomic E-state index is 12.1. The third-order valence-corrected chi connectivity index (χ3v) is 4.66. The summed E-state index contributed by atoms with van der Waals surface area (Å²) in [6, 6.07) is 20.1. The number of ether oxygens (including phenoxy) is 1. The van der Waals surface area contributed by atoms with Gasteiger partial charge in [0.1, 0.15) is 5.75 Å². The number of rotatable bonds is 7. The van der Waals surface area contributed by atoms with Crippen LogP contribution in [0.25, 0.3) is 0 Å². The van der Waals surface area contributed by atoms with Crippen LogP contribution in [0.1, 0.15) is 31.2 Å². The second-order valence-corrected chi connectivity index (χ2v) is 6.19. The Hall–Kier alpha value is -2.29. The Morgan fingerprint density at radius 1 is 1.00 bits per heavy atom. The Morgan fingerprint density at radius 2 is 1.65 bits per heavy atom. The summed E-state index contributed by atoms with van der Waals surface area (Å²) in [5.41, 5.74) is 1.48. The summed E-state index contributed by atoms with van der Waals surface area (Å²) >= 11 is 0. The SMILES string of the molecule is O=C(CCOc1ccccc1)NCC1(c2ccccc2)CCC1. The van der Waals surface area contributed by atoms with Crippen LogP contribution < -0.4 is 10.1 Å². The van der Waals surface area contributed by atoms with Gasteiger partial charge in [-0.1, -0.05) is 55.0 Å². The summed E-state index contributed by atoms with van der Waals surface area (Å²) in [6.07, 6.45) is 3.93. The van der Waals surface area contributed by atoms with Crippen molar-refractivity contribution in [2.24, 2.45) is 0 Å². The lowest BCUT2D eigenvalue weighted by atomic mass is 9.64. The van der Waals surface area contributed by atoms with Crippen LogP contribution in [0.15, 0.2) is 60.7 Å². The van der Waals surface area contributed by atoms with Crippen molar-refractivity contribution in [2.45, 2.75) is 31.1 Å². The van der Waals surface area contributed by atoms with Crippen molar-refractivity contribution in [1.29, 1.82) is 0 Å². The van der Waals surface area contributed by atoms with Crippen molar-refractivity contribution >= 4 is 5.91 Å². The Morgan fingerprint density at radius 3 is 2.26 bits per heavy atom. The number of hydrogen-bond acceptors (Lipinski definition) is 2. The molecule has 120 valence electrons. The van der Waals surface area contributed by atoms with Gasteiger partial charge in [0.05, 0.1) is 13.0 Å². The number of carbonyl (C=O) groups excluding carboxylic acids is 1. The van der Waals surface area contributed by atoms with E-state index in [9.17, 15) is 4.79 Å². The molecule has 1 amide bonds. The molecule has 0 aromatic heterocycles. The van der Waals surface area contributed by atoms with E-state index in [1.807, 2.05) is 36.4 Å². The van der Waals surface area contributed by atoms with Crippen LogP contribution in [0.5, 0.6) is 5.75 Å². The number of carbonyl (C=O) groups is 1. The highest BCUT2D eigenvalue weighted by atomic mass is 16.5. The molecule has 1 aliphatic carbocycles. The van der Waals surface area contributed by atoms with Crippen LogP contribution in [0, 0.1) is 0 Å². The van der Waals surface area contributed by atoms with Gasteiger partial charge in [0.2, 0.25) is 5.91 Å². The molecular weight excluding hydrogens is 286 g/mol. The first-order valence-electron chi connectivity index (χ1n) is 8.29. The van der Waals surface area contributed by atoms with Crippen LogP contribution in [0.4, 0.5) is 0 Å². The molecule has 3 heteroatoms. The molecule has 2 aromatic carbocycles. The van der Waals surface area contributed by atoms with Crippen LogP contribution in [0.3, 0.4) is 0 Å². The van der Waals surface area contributed by atoms with Gasteiger partial charge >= 0.3 is 0 Å². The zero-order chi connectivity index (χ0) is 16.0. The molecule has 1 saturated carbocycles. The highest BCUT2D eigenvalue weighted by Crippen LogP contribution is 2.43. The van der Waals surface area contributed by atoms with Crippen molar-refractivity contribution in [2.75, 3.05) is 13.2 Å². The average Bonchev–Trinajstić information content (AvgIpc) is 2.56. The summed E-state index contributed by atoms with van der Waals surface area (Å²) < 4.78 is 5.57. The summed E-state index contributed by atoms with van der Waals surface area (Å²) in [5.74, 6) is 0.864. The van der Waals surface area contributed by atoms with Crippen LogP contribution >= 0.6 is 0 Å². The maximum absolute atomic E-state index is 12.1. The second-order valence-electron chi connectivity index (χ2n) is 6.19. The molecule has 0 heterocycles. The first-order chi connectivity index (χ1) is 11.3. The van der Waals surface area contributed by atoms with Crippen LogP contribution in [-0.2, 0) is 10.2 Å². The van der Waals surface area contributed by atoms with Crippen LogP contribution in [-0.4, -0.2) is 19.1 Å². The number of benzene rings is 2. The zero-order valence-electron chi connectivity index (χ0n) is 13.3. The topological polar surface area (TPSA) is 38.3 Å². The largest absolute Gasteiger partial charge is 0.493 e. The molecule has 0 radical (unpaired) electrons. The Kier molecular flexibility index (Phi) is 4.96. The number of para-hydroxylation sites is 1. The van der Waals surface area contributed by atoms with E-state index in [-0.39, 0.29) is 11.3 Å². The summed E-state index contributed by atoms with van der Waals surface area (Å²) in [6.45, 7) is 1.13. The van der Waals surface area contributed by atoms with Gasteiger partial charge in [-0.25, -0.2) is 0 Å². The first kappa shape index (κ1) is 15.6. The monoisotopic (exact) mass is 309 g/mol. The Balaban J connectivity index is 1.45. The first-order valence-corrected chi connectivity index (χ1v) is 8.29. The minimum Gasteiger partial charge on any atom is -0.493 e. The molecular formula is C20H23NO2. The third kappa shape index (κ3) is 3.92. The number of amides is 1. The third-order valence-electron chi connectivity index (χ3n) is 4.66. The van der Waals surface area contributed by atoms with Gasteiger partial charge in [0.25, 0.3) is 0 Å². The molecule has 0 saturated heterocycles. The molecule has 0 unspecified atom stereocenters. The van der Waals surface area contributed by atoms with Gasteiger partial charge in [-0.3, -0.25) is 4.79 Å². The average molecular weight is 309 g/mol. The van der Waals surface area contributed by atoms with E-state index in [0.717, 1.165) is 25.1 Å². The molecule has 0 atom stereocenters. The molecule has 1 aliphatic rings. The maximum Gasteiger partial charge on any atom is 0.223 e. The fourth-order valence-corrected chi connectivity index (χ4v) is 3.10. The van der Waals surface area contributed by atoms with Crippen molar-refractivity contribution in [3.05, 3.63) is 66.2 Å². The minimum atomic E-state index is 0.0585. The highest BCUT2D eigenvalue weighted by molar-refractivity contribution is 5.76. The summed E-state index contributed by atoms with van der Waals surface area (Å²) in [5, 5.41) is 3.09. The fraction of sp³-hybridized carbons (Fsp3) is 0.350. The smallest absolute Gasteiger partial charge is 0.223 e. The van der Waals surface area contributed by atoms with E-state index in [2.05, 4.69) is 29.6 Å².